The van der Waals surface area contributed by atoms with Gasteiger partial charge in [-0.1, -0.05) is 6.42 Å². The summed E-state index contributed by atoms with van der Waals surface area (Å²) in [6.07, 6.45) is 7.65. The molecule has 0 radical (unpaired) electrons. The lowest BCUT2D eigenvalue weighted by molar-refractivity contribution is 0.136. The number of hydrogen-bond donors (Lipinski definition) is 0. The number of hydrogen-bond acceptors (Lipinski definition) is 1. The van der Waals surface area contributed by atoms with Crippen LogP contribution >= 0.6 is 0 Å². The Balaban J connectivity index is 1.77. The topological polar surface area (TPSA) is 23.6 Å². The monoisotopic (exact) mass is 210 g/mol. The van der Waals surface area contributed by atoms with Crippen LogP contribution in [0.1, 0.15) is 38.5 Å². The van der Waals surface area contributed by atoms with Crippen molar-refractivity contribution in [1.82, 2.24) is 9.80 Å². The number of piperidine rings is 1. The van der Waals surface area contributed by atoms with Gasteiger partial charge in [-0.2, -0.15) is 0 Å². The summed E-state index contributed by atoms with van der Waals surface area (Å²) in [5, 5.41) is 0. The second kappa shape index (κ2) is 4.86. The lowest BCUT2D eigenvalue weighted by Gasteiger charge is -2.35. The van der Waals surface area contributed by atoms with Crippen LogP contribution in [0.15, 0.2) is 0 Å². The zero-order chi connectivity index (χ0) is 10.7. The molecule has 15 heavy (non-hydrogen) atoms. The third-order valence-corrected chi connectivity index (χ3v) is 3.71. The Hall–Kier alpha value is -0.730. The first-order chi connectivity index (χ1) is 7.27. The highest BCUT2D eigenvalue weighted by Crippen LogP contribution is 2.27. The van der Waals surface area contributed by atoms with Crippen molar-refractivity contribution in [3.05, 3.63) is 0 Å². The quantitative estimate of drug-likeness (QED) is 0.686. The van der Waals surface area contributed by atoms with E-state index < -0.39 is 0 Å². The Morgan fingerprint density at radius 2 is 1.87 bits per heavy atom. The third kappa shape index (κ3) is 2.64. The van der Waals surface area contributed by atoms with Crippen molar-refractivity contribution in [3.63, 3.8) is 0 Å². The Morgan fingerprint density at radius 3 is 2.40 bits per heavy atom. The second-order valence-electron chi connectivity index (χ2n) is 5.01. The first kappa shape index (κ1) is 10.8. The molecule has 0 aromatic heterocycles. The van der Waals surface area contributed by atoms with E-state index in [4.69, 9.17) is 0 Å². The highest BCUT2D eigenvalue weighted by atomic mass is 16.2. The zero-order valence-corrected chi connectivity index (χ0v) is 9.74. The predicted octanol–water partition coefficient (Wildman–Crippen LogP) is 2.32. The Morgan fingerprint density at radius 1 is 1.20 bits per heavy atom. The first-order valence-electron chi connectivity index (χ1n) is 6.27. The molecule has 0 spiro atoms. The fourth-order valence-corrected chi connectivity index (χ4v) is 2.47. The van der Waals surface area contributed by atoms with Gasteiger partial charge in [-0.15, -0.1) is 0 Å². The van der Waals surface area contributed by atoms with E-state index in [1.165, 1.54) is 38.5 Å². The average Bonchev–Trinajstić information content (AvgIpc) is 2.23. The molecule has 1 saturated carbocycles. The Kier molecular flexibility index (Phi) is 3.49. The van der Waals surface area contributed by atoms with Gasteiger partial charge in [-0.3, -0.25) is 0 Å². The minimum atomic E-state index is 0.251. The summed E-state index contributed by atoms with van der Waals surface area (Å²) < 4.78 is 0. The number of rotatable bonds is 2. The van der Waals surface area contributed by atoms with Gasteiger partial charge in [0.2, 0.25) is 0 Å². The van der Waals surface area contributed by atoms with Gasteiger partial charge in [0.05, 0.1) is 0 Å². The van der Waals surface area contributed by atoms with Gasteiger partial charge >= 0.3 is 6.03 Å². The van der Waals surface area contributed by atoms with Crippen molar-refractivity contribution in [1.29, 1.82) is 0 Å². The normalized spacial score (nSPS) is 22.3. The summed E-state index contributed by atoms with van der Waals surface area (Å²) in [7, 11) is 1.95. The van der Waals surface area contributed by atoms with E-state index in [1.807, 2.05) is 16.8 Å². The van der Waals surface area contributed by atoms with Gasteiger partial charge in [-0.05, 0) is 38.0 Å². The van der Waals surface area contributed by atoms with Crippen molar-refractivity contribution >= 4 is 6.03 Å². The van der Waals surface area contributed by atoms with Gasteiger partial charge < -0.3 is 9.80 Å². The fourth-order valence-electron chi connectivity index (χ4n) is 2.47. The maximum atomic E-state index is 12.0. The lowest BCUT2D eigenvalue weighted by Crippen LogP contribution is -2.45. The van der Waals surface area contributed by atoms with E-state index in [9.17, 15) is 4.79 Å². The van der Waals surface area contributed by atoms with Gasteiger partial charge in [-0.25, -0.2) is 4.79 Å². The van der Waals surface area contributed by atoms with Crippen molar-refractivity contribution < 1.29 is 4.79 Å². The van der Waals surface area contributed by atoms with E-state index in [0.717, 1.165) is 25.6 Å². The molecule has 1 aliphatic carbocycles. The van der Waals surface area contributed by atoms with Gasteiger partial charge in [0.15, 0.2) is 0 Å². The van der Waals surface area contributed by atoms with Crippen LogP contribution in [-0.2, 0) is 0 Å². The fraction of sp³-hybridized carbons (Fsp3) is 0.917. The van der Waals surface area contributed by atoms with Crippen molar-refractivity contribution in [2.24, 2.45) is 5.92 Å². The molecule has 0 bridgehead atoms. The molecule has 2 amide bonds. The van der Waals surface area contributed by atoms with Crippen LogP contribution in [-0.4, -0.2) is 42.5 Å². The number of likely N-dealkylation sites (tertiary alicyclic amines) is 1. The summed E-state index contributed by atoms with van der Waals surface area (Å²) in [6, 6.07) is 0.251. The molecule has 86 valence electrons. The molecular formula is C12H22N2O. The molecule has 2 fully saturated rings. The van der Waals surface area contributed by atoms with Crippen LogP contribution in [0.2, 0.25) is 0 Å². The summed E-state index contributed by atoms with van der Waals surface area (Å²) >= 11 is 0. The maximum absolute atomic E-state index is 12.0. The van der Waals surface area contributed by atoms with Gasteiger partial charge in [0.1, 0.15) is 0 Å². The third-order valence-electron chi connectivity index (χ3n) is 3.71. The zero-order valence-electron chi connectivity index (χ0n) is 9.74. The maximum Gasteiger partial charge on any atom is 0.319 e. The molecule has 1 aliphatic heterocycles. The number of urea groups is 1. The number of carbonyl (C=O) groups is 1. The second-order valence-corrected chi connectivity index (χ2v) is 5.01. The SMILES string of the molecule is CN(CC1CCC1)C(=O)N1CCCCC1. The minimum absolute atomic E-state index is 0.251. The predicted molar refractivity (Wildman–Crippen MR) is 60.8 cm³/mol. The molecule has 3 heteroatoms. The molecule has 0 unspecified atom stereocenters. The Bertz CT molecular complexity index is 220. The van der Waals surface area contributed by atoms with Crippen LogP contribution in [0.25, 0.3) is 0 Å². The molecular weight excluding hydrogens is 188 g/mol. The van der Waals surface area contributed by atoms with Crippen molar-refractivity contribution in [2.45, 2.75) is 38.5 Å². The molecule has 3 nitrogen and oxygen atoms in total. The minimum Gasteiger partial charge on any atom is -0.327 e. The smallest absolute Gasteiger partial charge is 0.319 e. The molecule has 1 heterocycles. The molecule has 0 atom stereocenters. The summed E-state index contributed by atoms with van der Waals surface area (Å²) in [5.74, 6) is 0.781. The highest BCUT2D eigenvalue weighted by molar-refractivity contribution is 5.74. The van der Waals surface area contributed by atoms with E-state index in [0.29, 0.717) is 0 Å². The van der Waals surface area contributed by atoms with Crippen LogP contribution in [0.3, 0.4) is 0 Å². The van der Waals surface area contributed by atoms with E-state index >= 15 is 0 Å². The van der Waals surface area contributed by atoms with Crippen molar-refractivity contribution in [2.75, 3.05) is 26.7 Å². The molecule has 0 N–H and O–H groups in total. The standard InChI is InChI=1S/C12H22N2O/c1-13(10-11-6-5-7-11)12(15)14-8-3-2-4-9-14/h11H,2-10H2,1H3. The molecule has 2 rings (SSSR count). The number of carbonyl (C=O) groups excluding carboxylic acids is 1. The van der Waals surface area contributed by atoms with E-state index in [1.54, 1.807) is 0 Å². The van der Waals surface area contributed by atoms with Gasteiger partial charge in [0.25, 0.3) is 0 Å². The summed E-state index contributed by atoms with van der Waals surface area (Å²) in [6.45, 7) is 2.90. The first-order valence-corrected chi connectivity index (χ1v) is 6.27. The van der Waals surface area contributed by atoms with E-state index in [2.05, 4.69) is 0 Å². The van der Waals surface area contributed by atoms with Crippen molar-refractivity contribution in [3.8, 4) is 0 Å². The highest BCUT2D eigenvalue weighted by Gasteiger charge is 2.24. The summed E-state index contributed by atoms with van der Waals surface area (Å²) in [5.41, 5.74) is 0. The average molecular weight is 210 g/mol. The van der Waals surface area contributed by atoms with Crippen LogP contribution < -0.4 is 0 Å². The lowest BCUT2D eigenvalue weighted by atomic mass is 9.85. The van der Waals surface area contributed by atoms with Crippen LogP contribution in [0, 0.1) is 5.92 Å². The van der Waals surface area contributed by atoms with Gasteiger partial charge in [0, 0.05) is 26.7 Å². The molecule has 0 aromatic rings. The number of amides is 2. The Labute approximate surface area is 92.4 Å². The van der Waals surface area contributed by atoms with Crippen LogP contribution in [0.4, 0.5) is 4.79 Å². The number of nitrogens with zero attached hydrogens (tertiary/aromatic N) is 2. The molecule has 1 saturated heterocycles. The molecule has 2 aliphatic rings. The summed E-state index contributed by atoms with van der Waals surface area (Å²) in [4.78, 5) is 16.0. The van der Waals surface area contributed by atoms with E-state index in [-0.39, 0.29) is 6.03 Å². The largest absolute Gasteiger partial charge is 0.327 e. The molecule has 0 aromatic carbocycles. The van der Waals surface area contributed by atoms with Crippen LogP contribution in [0.5, 0.6) is 0 Å².